The van der Waals surface area contributed by atoms with Gasteiger partial charge in [-0.2, -0.15) is 4.31 Å². The standard InChI is InChI=1S/C15H22N4O6S.ClH/c1-25-13-9-12(19(21)22)4-5-14(13)26(23,24)18-8-2-3-11(10-18)15(20)17-7-6-16;/h4-5,9,11H,2-3,6-8,10,16H2,1H3,(H,17,20);1H. The maximum atomic E-state index is 13.0. The van der Waals surface area contributed by atoms with Crippen molar-refractivity contribution in [3.05, 3.63) is 28.3 Å². The van der Waals surface area contributed by atoms with Crippen LogP contribution in [0.4, 0.5) is 5.69 Å². The molecule has 1 aliphatic rings. The number of nitrogens with one attached hydrogen (secondary N) is 1. The molecule has 0 saturated carbocycles. The Bertz CT molecular complexity index is 789. The molecule has 0 aromatic heterocycles. The van der Waals surface area contributed by atoms with E-state index >= 15 is 0 Å². The van der Waals surface area contributed by atoms with E-state index in [0.29, 0.717) is 25.9 Å². The van der Waals surface area contributed by atoms with Crippen molar-refractivity contribution in [3.8, 4) is 5.75 Å². The zero-order chi connectivity index (χ0) is 19.3. The Kier molecular flexibility index (Phi) is 8.41. The number of nitrogens with zero attached hydrogens (tertiary/aromatic N) is 2. The summed E-state index contributed by atoms with van der Waals surface area (Å²) in [5, 5.41) is 13.5. The van der Waals surface area contributed by atoms with Crippen molar-refractivity contribution < 1.29 is 22.9 Å². The molecule has 2 rings (SSSR count). The highest BCUT2D eigenvalue weighted by Gasteiger charge is 2.35. The summed E-state index contributed by atoms with van der Waals surface area (Å²) in [6.45, 7) is 0.945. The number of hydrogen-bond donors (Lipinski definition) is 2. The van der Waals surface area contributed by atoms with E-state index in [9.17, 15) is 23.3 Å². The van der Waals surface area contributed by atoms with Crippen LogP contribution in [0, 0.1) is 16.0 Å². The fourth-order valence-corrected chi connectivity index (χ4v) is 4.50. The van der Waals surface area contributed by atoms with Gasteiger partial charge in [-0.15, -0.1) is 12.4 Å². The first kappa shape index (κ1) is 23.1. The van der Waals surface area contributed by atoms with Crippen molar-refractivity contribution in [1.29, 1.82) is 0 Å². The number of nitro benzene ring substituents is 1. The Labute approximate surface area is 163 Å². The van der Waals surface area contributed by atoms with Crippen LogP contribution in [0.2, 0.25) is 0 Å². The second-order valence-electron chi connectivity index (χ2n) is 5.87. The number of methoxy groups -OCH3 is 1. The topological polar surface area (TPSA) is 145 Å². The van der Waals surface area contributed by atoms with E-state index in [0.717, 1.165) is 18.2 Å². The number of benzene rings is 1. The molecule has 12 heteroatoms. The summed E-state index contributed by atoms with van der Waals surface area (Å²) < 4.78 is 32.2. The van der Waals surface area contributed by atoms with Gasteiger partial charge in [0.05, 0.1) is 24.0 Å². The molecule has 1 aromatic carbocycles. The lowest BCUT2D eigenvalue weighted by molar-refractivity contribution is -0.385. The third-order valence-corrected chi connectivity index (χ3v) is 6.08. The summed E-state index contributed by atoms with van der Waals surface area (Å²) in [5.74, 6) is -0.797. The summed E-state index contributed by atoms with van der Waals surface area (Å²) in [7, 11) is -2.71. The first-order chi connectivity index (χ1) is 12.3. The van der Waals surface area contributed by atoms with Gasteiger partial charge in [-0.3, -0.25) is 14.9 Å². The molecule has 0 spiro atoms. The summed E-state index contributed by atoms with van der Waals surface area (Å²) >= 11 is 0. The predicted octanol–water partition coefficient (Wildman–Crippen LogP) is 0.501. The quantitative estimate of drug-likeness (QED) is 0.480. The highest BCUT2D eigenvalue weighted by molar-refractivity contribution is 7.89. The first-order valence-electron chi connectivity index (χ1n) is 8.11. The van der Waals surface area contributed by atoms with E-state index < -0.39 is 20.9 Å². The van der Waals surface area contributed by atoms with Gasteiger partial charge >= 0.3 is 0 Å². The molecule has 0 aliphatic carbocycles. The highest BCUT2D eigenvalue weighted by Crippen LogP contribution is 2.32. The van der Waals surface area contributed by atoms with Gasteiger partial charge in [-0.1, -0.05) is 0 Å². The molecule has 0 radical (unpaired) electrons. The molecule has 1 amide bonds. The molecule has 1 aliphatic heterocycles. The average Bonchev–Trinajstić information content (AvgIpc) is 2.65. The normalized spacial score (nSPS) is 17.6. The van der Waals surface area contributed by atoms with Crippen LogP contribution >= 0.6 is 12.4 Å². The number of piperidine rings is 1. The van der Waals surface area contributed by atoms with Crippen LogP contribution < -0.4 is 15.8 Å². The molecule has 3 N–H and O–H groups in total. The van der Waals surface area contributed by atoms with E-state index in [1.54, 1.807) is 0 Å². The van der Waals surface area contributed by atoms with Gasteiger partial charge < -0.3 is 15.8 Å². The minimum Gasteiger partial charge on any atom is -0.495 e. The number of sulfonamides is 1. The fourth-order valence-electron chi connectivity index (χ4n) is 2.84. The molecule has 1 heterocycles. The lowest BCUT2D eigenvalue weighted by atomic mass is 9.99. The zero-order valence-electron chi connectivity index (χ0n) is 14.8. The molecule has 1 atom stereocenters. The van der Waals surface area contributed by atoms with E-state index in [1.807, 2.05) is 0 Å². The molecule has 27 heavy (non-hydrogen) atoms. The molecule has 0 bridgehead atoms. The second kappa shape index (κ2) is 9.83. The van der Waals surface area contributed by atoms with Gasteiger partial charge in [0.15, 0.2) is 0 Å². The lowest BCUT2D eigenvalue weighted by Gasteiger charge is -2.31. The Balaban J connectivity index is 0.00000364. The summed E-state index contributed by atoms with van der Waals surface area (Å²) in [4.78, 5) is 22.2. The predicted molar refractivity (Wildman–Crippen MR) is 100 cm³/mol. The molecule has 1 unspecified atom stereocenters. The number of nitrogens with two attached hydrogens (primary N) is 1. The molecule has 1 fully saturated rings. The van der Waals surface area contributed by atoms with Crippen molar-refractivity contribution in [3.63, 3.8) is 0 Å². The van der Waals surface area contributed by atoms with Gasteiger partial charge in [-0.05, 0) is 18.9 Å². The van der Waals surface area contributed by atoms with Crippen molar-refractivity contribution in [2.75, 3.05) is 33.3 Å². The summed E-state index contributed by atoms with van der Waals surface area (Å²) in [5.41, 5.74) is 5.10. The Morgan fingerprint density at radius 3 is 2.78 bits per heavy atom. The minimum atomic E-state index is -3.95. The number of hydrogen-bond acceptors (Lipinski definition) is 7. The number of ether oxygens (including phenoxy) is 1. The maximum Gasteiger partial charge on any atom is 0.273 e. The average molecular weight is 423 g/mol. The Morgan fingerprint density at radius 1 is 1.48 bits per heavy atom. The van der Waals surface area contributed by atoms with Crippen LogP contribution in [0.25, 0.3) is 0 Å². The smallest absolute Gasteiger partial charge is 0.273 e. The number of halogens is 1. The lowest BCUT2D eigenvalue weighted by Crippen LogP contribution is -2.46. The first-order valence-corrected chi connectivity index (χ1v) is 9.55. The summed E-state index contributed by atoms with van der Waals surface area (Å²) in [6, 6.07) is 3.34. The minimum absolute atomic E-state index is 0. The van der Waals surface area contributed by atoms with Gasteiger partial charge in [0.25, 0.3) is 5.69 Å². The van der Waals surface area contributed by atoms with Crippen molar-refractivity contribution in [2.24, 2.45) is 11.7 Å². The number of rotatable bonds is 7. The third-order valence-electron chi connectivity index (χ3n) is 4.17. The molecule has 1 saturated heterocycles. The largest absolute Gasteiger partial charge is 0.495 e. The van der Waals surface area contributed by atoms with Gasteiger partial charge in [-0.25, -0.2) is 8.42 Å². The van der Waals surface area contributed by atoms with E-state index in [1.165, 1.54) is 11.4 Å². The molecular weight excluding hydrogens is 400 g/mol. The number of carbonyl (C=O) groups excluding carboxylic acids is 1. The maximum absolute atomic E-state index is 13.0. The van der Waals surface area contributed by atoms with Crippen molar-refractivity contribution in [2.45, 2.75) is 17.7 Å². The van der Waals surface area contributed by atoms with E-state index in [2.05, 4.69) is 5.32 Å². The van der Waals surface area contributed by atoms with Crippen molar-refractivity contribution >= 4 is 34.0 Å². The second-order valence-corrected chi connectivity index (χ2v) is 7.78. The Hall–Kier alpha value is -1.95. The van der Waals surface area contributed by atoms with Crippen LogP contribution in [0.5, 0.6) is 5.75 Å². The SMILES string of the molecule is COc1cc([N+](=O)[O-])ccc1S(=O)(=O)N1CCCC(C(=O)NCCN)C1.Cl. The monoisotopic (exact) mass is 422 g/mol. The molecule has 10 nitrogen and oxygen atoms in total. The van der Waals surface area contributed by atoms with Crippen LogP contribution in [0.1, 0.15) is 12.8 Å². The van der Waals surface area contributed by atoms with Crippen LogP contribution in [0.3, 0.4) is 0 Å². The van der Waals surface area contributed by atoms with E-state index in [-0.39, 0.29) is 47.7 Å². The highest BCUT2D eigenvalue weighted by atomic mass is 35.5. The summed E-state index contributed by atoms with van der Waals surface area (Å²) in [6.07, 6.45) is 1.12. The van der Waals surface area contributed by atoms with Gasteiger partial charge in [0.2, 0.25) is 15.9 Å². The molecule has 1 aromatic rings. The van der Waals surface area contributed by atoms with E-state index in [4.69, 9.17) is 10.5 Å². The fraction of sp³-hybridized carbons (Fsp3) is 0.533. The van der Waals surface area contributed by atoms with Crippen LogP contribution in [-0.4, -0.2) is 56.8 Å². The molecular formula is C15H23ClN4O6S. The van der Waals surface area contributed by atoms with Crippen LogP contribution in [-0.2, 0) is 14.8 Å². The van der Waals surface area contributed by atoms with Gasteiger partial charge in [0, 0.05) is 32.2 Å². The number of amides is 1. The number of non-ortho nitro benzene ring substituents is 1. The number of carbonyl (C=O) groups is 1. The molecule has 152 valence electrons. The third kappa shape index (κ3) is 5.28. The number of nitro groups is 1. The van der Waals surface area contributed by atoms with Gasteiger partial charge in [0.1, 0.15) is 10.6 Å². The van der Waals surface area contributed by atoms with Crippen molar-refractivity contribution in [1.82, 2.24) is 9.62 Å². The Morgan fingerprint density at radius 2 is 2.19 bits per heavy atom. The van der Waals surface area contributed by atoms with Crippen LogP contribution in [0.15, 0.2) is 23.1 Å². The zero-order valence-corrected chi connectivity index (χ0v) is 16.4.